The average Bonchev–Trinajstić information content (AvgIpc) is 2.14. The normalized spacial score (nSPS) is 14.5. The van der Waals surface area contributed by atoms with Gasteiger partial charge in [0.05, 0.1) is 19.6 Å². The van der Waals surface area contributed by atoms with Crippen molar-refractivity contribution in [3.8, 4) is 0 Å². The third-order valence-electron chi connectivity index (χ3n) is 1.52. The summed E-state index contributed by atoms with van der Waals surface area (Å²) in [6.07, 6.45) is 0. The van der Waals surface area contributed by atoms with Gasteiger partial charge < -0.3 is 9.47 Å². The first kappa shape index (κ1) is 12.4. The van der Waals surface area contributed by atoms with E-state index in [2.05, 4.69) is 20.7 Å². The van der Waals surface area contributed by atoms with Crippen molar-refractivity contribution < 1.29 is 19.1 Å². The van der Waals surface area contributed by atoms with E-state index in [4.69, 9.17) is 4.74 Å². The molecule has 0 radical (unpaired) electrons. The van der Waals surface area contributed by atoms with Crippen LogP contribution in [0.4, 0.5) is 0 Å². The maximum atomic E-state index is 11.1. The molecule has 0 N–H and O–H groups in total. The van der Waals surface area contributed by atoms with Crippen LogP contribution in [-0.2, 0) is 19.1 Å². The number of hydrogen-bond acceptors (Lipinski definition) is 4. The zero-order valence-electron chi connectivity index (χ0n) is 7.87. The summed E-state index contributed by atoms with van der Waals surface area (Å²) < 4.78 is 9.21. The molecule has 0 aliphatic heterocycles. The summed E-state index contributed by atoms with van der Waals surface area (Å²) in [6, 6.07) is 0. The molecule has 4 nitrogen and oxygen atoms in total. The minimum atomic E-state index is -0.639. The van der Waals surface area contributed by atoms with Crippen LogP contribution in [-0.4, -0.2) is 30.5 Å². The van der Waals surface area contributed by atoms with Crippen LogP contribution in [0.2, 0.25) is 0 Å². The largest absolute Gasteiger partial charge is 0.469 e. The molecule has 0 aliphatic carbocycles. The van der Waals surface area contributed by atoms with Crippen LogP contribution in [0, 0.1) is 5.92 Å². The summed E-state index contributed by atoms with van der Waals surface area (Å²) in [6.45, 7) is 3.61. The SMILES string of the molecule is CCOC(=O)[C@H](Br)[C@@H](C)C(=O)OC. The molecule has 13 heavy (non-hydrogen) atoms. The van der Waals surface area contributed by atoms with Crippen LogP contribution >= 0.6 is 15.9 Å². The number of hydrogen-bond donors (Lipinski definition) is 0. The Morgan fingerprint density at radius 2 is 1.92 bits per heavy atom. The maximum absolute atomic E-state index is 11.1. The van der Waals surface area contributed by atoms with E-state index in [1.54, 1.807) is 13.8 Å². The van der Waals surface area contributed by atoms with Gasteiger partial charge in [-0.1, -0.05) is 22.9 Å². The number of carbonyl (C=O) groups excluding carboxylic acids is 2. The number of esters is 2. The lowest BCUT2D eigenvalue weighted by molar-refractivity contribution is -0.151. The molecule has 0 rings (SSSR count). The molecule has 0 aromatic heterocycles. The van der Waals surface area contributed by atoms with Crippen molar-refractivity contribution in [1.29, 1.82) is 0 Å². The Labute approximate surface area is 85.7 Å². The fraction of sp³-hybridized carbons (Fsp3) is 0.750. The van der Waals surface area contributed by atoms with Crippen molar-refractivity contribution in [2.24, 2.45) is 5.92 Å². The highest BCUT2D eigenvalue weighted by molar-refractivity contribution is 9.10. The predicted molar refractivity (Wildman–Crippen MR) is 50.5 cm³/mol. The third-order valence-corrected chi connectivity index (χ3v) is 2.69. The van der Waals surface area contributed by atoms with Crippen molar-refractivity contribution in [3.63, 3.8) is 0 Å². The summed E-state index contributed by atoms with van der Waals surface area (Å²) >= 11 is 3.08. The minimum Gasteiger partial charge on any atom is -0.469 e. The van der Waals surface area contributed by atoms with E-state index in [1.165, 1.54) is 7.11 Å². The summed E-state index contributed by atoms with van der Waals surface area (Å²) in [5, 5.41) is 0. The number of carbonyl (C=O) groups is 2. The van der Waals surface area contributed by atoms with Crippen LogP contribution in [0.1, 0.15) is 13.8 Å². The number of ether oxygens (including phenoxy) is 2. The fourth-order valence-electron chi connectivity index (χ4n) is 0.731. The maximum Gasteiger partial charge on any atom is 0.320 e. The second-order valence-electron chi connectivity index (χ2n) is 2.47. The van der Waals surface area contributed by atoms with Crippen molar-refractivity contribution in [3.05, 3.63) is 0 Å². The monoisotopic (exact) mass is 252 g/mol. The van der Waals surface area contributed by atoms with Crippen LogP contribution in [0.15, 0.2) is 0 Å². The van der Waals surface area contributed by atoms with Crippen LogP contribution in [0.5, 0.6) is 0 Å². The Bertz CT molecular complexity index is 193. The van der Waals surface area contributed by atoms with Crippen LogP contribution < -0.4 is 0 Å². The van der Waals surface area contributed by atoms with E-state index < -0.39 is 22.7 Å². The first-order valence-electron chi connectivity index (χ1n) is 3.93. The topological polar surface area (TPSA) is 52.6 Å². The van der Waals surface area contributed by atoms with Gasteiger partial charge in [-0.2, -0.15) is 0 Å². The fourth-order valence-corrected chi connectivity index (χ4v) is 1.08. The highest BCUT2D eigenvalue weighted by atomic mass is 79.9. The first-order valence-corrected chi connectivity index (χ1v) is 4.84. The molecule has 0 bridgehead atoms. The number of methoxy groups -OCH3 is 1. The molecule has 0 saturated heterocycles. The van der Waals surface area contributed by atoms with Crippen molar-refractivity contribution >= 4 is 27.9 Å². The van der Waals surface area contributed by atoms with Gasteiger partial charge in [-0.3, -0.25) is 9.59 Å². The van der Waals surface area contributed by atoms with Gasteiger partial charge in [0, 0.05) is 0 Å². The average molecular weight is 253 g/mol. The standard InChI is InChI=1S/C8H13BrO4/c1-4-13-8(11)6(9)5(2)7(10)12-3/h5-6H,4H2,1-3H3/t5-,6-/m1/s1. The van der Waals surface area contributed by atoms with Gasteiger partial charge in [0.2, 0.25) is 0 Å². The zero-order chi connectivity index (χ0) is 10.4. The van der Waals surface area contributed by atoms with Gasteiger partial charge in [0.1, 0.15) is 4.83 Å². The molecule has 0 unspecified atom stereocenters. The Balaban J connectivity index is 4.16. The molecular formula is C8H13BrO4. The summed E-state index contributed by atoms with van der Waals surface area (Å²) in [4.78, 5) is 21.5. The zero-order valence-corrected chi connectivity index (χ0v) is 9.46. The summed E-state index contributed by atoms with van der Waals surface area (Å²) in [5.41, 5.74) is 0. The lowest BCUT2D eigenvalue weighted by Crippen LogP contribution is -2.30. The van der Waals surface area contributed by atoms with Gasteiger partial charge in [0.15, 0.2) is 0 Å². The molecule has 0 amide bonds. The molecule has 0 fully saturated rings. The molecule has 0 heterocycles. The molecule has 0 aliphatic rings. The number of alkyl halides is 1. The molecule has 76 valence electrons. The van der Waals surface area contributed by atoms with Gasteiger partial charge in [-0.05, 0) is 6.92 Å². The molecular weight excluding hydrogens is 240 g/mol. The van der Waals surface area contributed by atoms with Gasteiger partial charge >= 0.3 is 11.9 Å². The molecule has 0 spiro atoms. The molecule has 2 atom stereocenters. The van der Waals surface area contributed by atoms with E-state index >= 15 is 0 Å². The molecule has 0 saturated carbocycles. The van der Waals surface area contributed by atoms with E-state index in [9.17, 15) is 9.59 Å². The quantitative estimate of drug-likeness (QED) is 0.556. The molecule has 5 heteroatoms. The highest BCUT2D eigenvalue weighted by Crippen LogP contribution is 2.15. The number of halogens is 1. The van der Waals surface area contributed by atoms with Crippen LogP contribution in [0.3, 0.4) is 0 Å². The lowest BCUT2D eigenvalue weighted by atomic mass is 10.1. The summed E-state index contributed by atoms with van der Waals surface area (Å²) in [7, 11) is 1.28. The Morgan fingerprint density at radius 3 is 2.31 bits per heavy atom. The predicted octanol–water partition coefficient (Wildman–Crippen LogP) is 1.12. The Hall–Kier alpha value is -0.580. The second kappa shape index (κ2) is 5.96. The number of rotatable bonds is 4. The summed E-state index contributed by atoms with van der Waals surface area (Å²) in [5.74, 6) is -1.42. The smallest absolute Gasteiger partial charge is 0.320 e. The van der Waals surface area contributed by atoms with Gasteiger partial charge in [-0.15, -0.1) is 0 Å². The van der Waals surface area contributed by atoms with Crippen molar-refractivity contribution in [2.45, 2.75) is 18.7 Å². The van der Waals surface area contributed by atoms with E-state index in [0.29, 0.717) is 6.61 Å². The first-order chi connectivity index (χ1) is 6.04. The van der Waals surface area contributed by atoms with E-state index in [-0.39, 0.29) is 0 Å². The second-order valence-corrected chi connectivity index (χ2v) is 3.45. The molecule has 0 aromatic carbocycles. The van der Waals surface area contributed by atoms with Gasteiger partial charge in [-0.25, -0.2) is 0 Å². The van der Waals surface area contributed by atoms with E-state index in [0.717, 1.165) is 0 Å². The van der Waals surface area contributed by atoms with E-state index in [1.807, 2.05) is 0 Å². The van der Waals surface area contributed by atoms with Gasteiger partial charge in [0.25, 0.3) is 0 Å². The Morgan fingerprint density at radius 1 is 1.38 bits per heavy atom. The Kier molecular flexibility index (Phi) is 5.70. The van der Waals surface area contributed by atoms with Crippen LogP contribution in [0.25, 0.3) is 0 Å². The highest BCUT2D eigenvalue weighted by Gasteiger charge is 2.29. The van der Waals surface area contributed by atoms with Crippen molar-refractivity contribution in [2.75, 3.05) is 13.7 Å². The third kappa shape index (κ3) is 3.76. The van der Waals surface area contributed by atoms with Crippen molar-refractivity contribution in [1.82, 2.24) is 0 Å². The molecule has 0 aromatic rings. The minimum absolute atomic E-state index is 0.300. The lowest BCUT2D eigenvalue weighted by Gasteiger charge is -2.14.